The molecule has 0 aromatic carbocycles. The van der Waals surface area contributed by atoms with E-state index in [1.807, 2.05) is 0 Å². The number of nitrogens with two attached hydrogens (primary N) is 1. The van der Waals surface area contributed by atoms with Gasteiger partial charge in [0.15, 0.2) is 0 Å². The standard InChI is InChI=1S/C10H14N2O4S2/c1-7-9(18(11,14)15)6-8(17-7)10(13)12-2-4-16-5-3-12/h6H,2-5H2,1H3,(H2,11,14,15). The maximum atomic E-state index is 12.1. The van der Waals surface area contributed by atoms with E-state index in [2.05, 4.69) is 0 Å². The van der Waals surface area contributed by atoms with Gasteiger partial charge in [-0.1, -0.05) is 0 Å². The number of carbonyl (C=O) groups excluding carboxylic acids is 1. The summed E-state index contributed by atoms with van der Waals surface area (Å²) in [5.41, 5.74) is 0. The smallest absolute Gasteiger partial charge is 0.264 e. The molecule has 2 heterocycles. The van der Waals surface area contributed by atoms with E-state index in [4.69, 9.17) is 9.88 Å². The van der Waals surface area contributed by atoms with Crippen molar-refractivity contribution in [2.75, 3.05) is 26.3 Å². The van der Waals surface area contributed by atoms with Crippen LogP contribution in [0.3, 0.4) is 0 Å². The zero-order chi connectivity index (χ0) is 13.3. The van der Waals surface area contributed by atoms with Crippen LogP contribution in [0.4, 0.5) is 0 Å². The minimum Gasteiger partial charge on any atom is -0.378 e. The molecule has 0 atom stereocenters. The molecular formula is C10H14N2O4S2. The first-order valence-corrected chi connectivity index (χ1v) is 7.76. The van der Waals surface area contributed by atoms with Crippen LogP contribution in [-0.4, -0.2) is 45.5 Å². The van der Waals surface area contributed by atoms with Crippen molar-refractivity contribution >= 4 is 27.3 Å². The molecule has 0 bridgehead atoms. The molecular weight excluding hydrogens is 276 g/mol. The summed E-state index contributed by atoms with van der Waals surface area (Å²) >= 11 is 1.15. The average molecular weight is 290 g/mol. The zero-order valence-electron chi connectivity index (χ0n) is 9.88. The summed E-state index contributed by atoms with van der Waals surface area (Å²) in [7, 11) is -3.76. The van der Waals surface area contributed by atoms with E-state index in [1.165, 1.54) is 6.07 Å². The van der Waals surface area contributed by atoms with Gasteiger partial charge in [-0.2, -0.15) is 0 Å². The third-order valence-electron chi connectivity index (χ3n) is 2.69. The van der Waals surface area contributed by atoms with E-state index < -0.39 is 10.0 Å². The molecule has 1 aliphatic heterocycles. The molecule has 18 heavy (non-hydrogen) atoms. The topological polar surface area (TPSA) is 89.7 Å². The monoisotopic (exact) mass is 290 g/mol. The Labute approximate surface area is 109 Å². The first-order valence-electron chi connectivity index (χ1n) is 5.40. The number of sulfonamides is 1. The molecule has 1 fully saturated rings. The molecule has 1 aromatic heterocycles. The van der Waals surface area contributed by atoms with Gasteiger partial charge in [-0.25, -0.2) is 13.6 Å². The highest BCUT2D eigenvalue weighted by atomic mass is 32.2. The molecule has 8 heteroatoms. The van der Waals surface area contributed by atoms with Crippen LogP contribution >= 0.6 is 11.3 Å². The molecule has 6 nitrogen and oxygen atoms in total. The summed E-state index contributed by atoms with van der Waals surface area (Å²) < 4.78 is 27.8. The highest BCUT2D eigenvalue weighted by Crippen LogP contribution is 2.26. The van der Waals surface area contributed by atoms with Crippen LogP contribution in [0.15, 0.2) is 11.0 Å². The molecule has 0 radical (unpaired) electrons. The van der Waals surface area contributed by atoms with Gasteiger partial charge in [0, 0.05) is 18.0 Å². The van der Waals surface area contributed by atoms with Gasteiger partial charge in [0.1, 0.15) is 0 Å². The van der Waals surface area contributed by atoms with E-state index in [9.17, 15) is 13.2 Å². The quantitative estimate of drug-likeness (QED) is 0.841. The highest BCUT2D eigenvalue weighted by molar-refractivity contribution is 7.89. The second-order valence-corrected chi connectivity index (χ2v) is 6.77. The van der Waals surface area contributed by atoms with Gasteiger partial charge in [0.25, 0.3) is 5.91 Å². The lowest BCUT2D eigenvalue weighted by Gasteiger charge is -2.26. The van der Waals surface area contributed by atoms with Crippen LogP contribution in [0.1, 0.15) is 14.5 Å². The Morgan fingerprint density at radius 2 is 2.06 bits per heavy atom. The molecule has 0 unspecified atom stereocenters. The van der Waals surface area contributed by atoms with E-state index in [0.29, 0.717) is 36.1 Å². The van der Waals surface area contributed by atoms with Gasteiger partial charge in [0.05, 0.1) is 23.0 Å². The molecule has 1 aromatic rings. The highest BCUT2D eigenvalue weighted by Gasteiger charge is 2.23. The fourth-order valence-corrected chi connectivity index (χ4v) is 3.89. The van der Waals surface area contributed by atoms with Crippen molar-refractivity contribution in [1.29, 1.82) is 0 Å². The van der Waals surface area contributed by atoms with Gasteiger partial charge >= 0.3 is 0 Å². The van der Waals surface area contributed by atoms with Crippen LogP contribution in [-0.2, 0) is 14.8 Å². The average Bonchev–Trinajstić information content (AvgIpc) is 2.71. The Bertz CT molecular complexity index is 558. The minimum absolute atomic E-state index is 0.0316. The van der Waals surface area contributed by atoms with Crippen LogP contribution in [0.2, 0.25) is 0 Å². The van der Waals surface area contributed by atoms with E-state index in [-0.39, 0.29) is 10.8 Å². The summed E-state index contributed by atoms with van der Waals surface area (Å²) in [5, 5.41) is 5.08. The first kappa shape index (κ1) is 13.5. The number of morpholine rings is 1. The number of rotatable bonds is 2. The number of amides is 1. The van der Waals surface area contributed by atoms with Crippen molar-refractivity contribution in [3.05, 3.63) is 15.8 Å². The van der Waals surface area contributed by atoms with Crippen LogP contribution in [0.25, 0.3) is 0 Å². The zero-order valence-corrected chi connectivity index (χ0v) is 11.5. The Morgan fingerprint density at radius 1 is 1.44 bits per heavy atom. The van der Waals surface area contributed by atoms with E-state index >= 15 is 0 Å². The molecule has 0 spiro atoms. The van der Waals surface area contributed by atoms with Gasteiger partial charge in [-0.05, 0) is 13.0 Å². The lowest BCUT2D eigenvalue weighted by atomic mass is 10.3. The second-order valence-electron chi connectivity index (χ2n) is 3.98. The molecule has 0 aliphatic carbocycles. The first-order chi connectivity index (χ1) is 8.39. The number of nitrogens with zero attached hydrogens (tertiary/aromatic N) is 1. The molecule has 2 rings (SSSR count). The van der Waals surface area contributed by atoms with Crippen LogP contribution < -0.4 is 5.14 Å². The third-order valence-corrected chi connectivity index (χ3v) is 4.89. The SMILES string of the molecule is Cc1sc(C(=O)N2CCOCC2)cc1S(N)(=O)=O. The maximum Gasteiger partial charge on any atom is 0.264 e. The van der Waals surface area contributed by atoms with Crippen molar-refractivity contribution in [2.24, 2.45) is 5.14 Å². The van der Waals surface area contributed by atoms with Gasteiger partial charge in [-0.3, -0.25) is 4.79 Å². The lowest BCUT2D eigenvalue weighted by molar-refractivity contribution is 0.0306. The summed E-state index contributed by atoms with van der Waals surface area (Å²) in [6.45, 7) is 3.72. The van der Waals surface area contributed by atoms with Crippen molar-refractivity contribution < 1.29 is 17.9 Å². The Hall–Kier alpha value is -0.960. The molecule has 1 saturated heterocycles. The fourth-order valence-electron chi connectivity index (χ4n) is 1.78. The van der Waals surface area contributed by atoms with Crippen molar-refractivity contribution in [3.8, 4) is 0 Å². The number of primary sulfonamides is 1. The van der Waals surface area contributed by atoms with Crippen LogP contribution in [0.5, 0.6) is 0 Å². The number of hydrogen-bond donors (Lipinski definition) is 1. The normalized spacial score (nSPS) is 16.9. The van der Waals surface area contributed by atoms with E-state index in [1.54, 1.807) is 11.8 Å². The predicted molar refractivity (Wildman–Crippen MR) is 67.2 cm³/mol. The van der Waals surface area contributed by atoms with Crippen molar-refractivity contribution in [1.82, 2.24) is 4.90 Å². The van der Waals surface area contributed by atoms with Crippen molar-refractivity contribution in [2.45, 2.75) is 11.8 Å². The lowest BCUT2D eigenvalue weighted by Crippen LogP contribution is -2.40. The Morgan fingerprint density at radius 3 is 2.56 bits per heavy atom. The Kier molecular flexibility index (Phi) is 3.71. The fraction of sp³-hybridized carbons (Fsp3) is 0.500. The number of ether oxygens (including phenoxy) is 1. The largest absolute Gasteiger partial charge is 0.378 e. The van der Waals surface area contributed by atoms with Gasteiger partial charge in [0.2, 0.25) is 10.0 Å². The molecule has 2 N–H and O–H groups in total. The number of carbonyl (C=O) groups is 1. The third kappa shape index (κ3) is 2.72. The summed E-state index contributed by atoms with van der Waals surface area (Å²) in [4.78, 5) is 14.8. The molecule has 100 valence electrons. The molecule has 1 aliphatic rings. The van der Waals surface area contributed by atoms with Gasteiger partial charge < -0.3 is 9.64 Å². The number of hydrogen-bond acceptors (Lipinski definition) is 5. The number of aryl methyl sites for hydroxylation is 1. The van der Waals surface area contributed by atoms with Gasteiger partial charge in [-0.15, -0.1) is 11.3 Å². The second kappa shape index (κ2) is 4.96. The van der Waals surface area contributed by atoms with Crippen LogP contribution in [0, 0.1) is 6.92 Å². The van der Waals surface area contributed by atoms with Crippen molar-refractivity contribution in [3.63, 3.8) is 0 Å². The van der Waals surface area contributed by atoms with E-state index in [0.717, 1.165) is 11.3 Å². The summed E-state index contributed by atoms with van der Waals surface area (Å²) in [6.07, 6.45) is 0. The summed E-state index contributed by atoms with van der Waals surface area (Å²) in [5.74, 6) is -0.165. The molecule has 0 saturated carbocycles. The predicted octanol–water partition coefficient (Wildman–Crippen LogP) is 0.176. The minimum atomic E-state index is -3.76. The number of thiophene rings is 1. The Balaban J connectivity index is 2.26. The summed E-state index contributed by atoms with van der Waals surface area (Å²) in [6, 6.07) is 1.35. The maximum absolute atomic E-state index is 12.1. The molecule has 1 amide bonds.